The molecule has 0 saturated heterocycles. The predicted molar refractivity (Wildman–Crippen MR) is 59.2 cm³/mol. The number of halogens is 1. The molecular formula is C12H16FNO. The first-order valence-corrected chi connectivity index (χ1v) is 4.95. The van der Waals surface area contributed by atoms with Gasteiger partial charge in [-0.1, -0.05) is 18.2 Å². The minimum Gasteiger partial charge on any atom is -0.505 e. The molecule has 2 N–H and O–H groups in total. The third-order valence-corrected chi connectivity index (χ3v) is 2.23. The number of nitrogens with one attached hydrogen (secondary N) is 1. The van der Waals surface area contributed by atoms with Gasteiger partial charge in [0.2, 0.25) is 0 Å². The maximum absolute atomic E-state index is 13.0. The number of hydrogen-bond donors (Lipinski definition) is 2. The van der Waals surface area contributed by atoms with Gasteiger partial charge in [-0.25, -0.2) is 4.39 Å². The van der Waals surface area contributed by atoms with E-state index in [0.29, 0.717) is 12.1 Å². The molecule has 1 aromatic carbocycles. The van der Waals surface area contributed by atoms with Gasteiger partial charge in [-0.05, 0) is 19.4 Å². The molecule has 0 radical (unpaired) electrons. The molecule has 0 amide bonds. The first-order valence-electron chi connectivity index (χ1n) is 4.95. The highest BCUT2D eigenvalue weighted by Crippen LogP contribution is 2.20. The van der Waals surface area contributed by atoms with Gasteiger partial charge in [0.25, 0.3) is 0 Å². The monoisotopic (exact) mass is 209 g/mol. The lowest BCUT2D eigenvalue weighted by Crippen LogP contribution is -2.24. The summed E-state index contributed by atoms with van der Waals surface area (Å²) in [4.78, 5) is 0. The first kappa shape index (κ1) is 11.7. The lowest BCUT2D eigenvalue weighted by atomic mass is 10.1. The number of aromatic hydroxyl groups is 1. The molecule has 0 aliphatic heterocycles. The van der Waals surface area contributed by atoms with Crippen molar-refractivity contribution in [2.75, 3.05) is 0 Å². The van der Waals surface area contributed by atoms with Crippen molar-refractivity contribution in [3.63, 3.8) is 0 Å². The Hall–Kier alpha value is -1.35. The van der Waals surface area contributed by atoms with Crippen LogP contribution in [0.2, 0.25) is 0 Å². The fourth-order valence-electron chi connectivity index (χ4n) is 1.32. The molecule has 0 fully saturated rings. The molecule has 2 nitrogen and oxygen atoms in total. The normalized spacial score (nSPS) is 12.4. The number of phenolic OH excluding ortho intramolecular Hbond substituents is 1. The Bertz CT molecular complexity index is 338. The van der Waals surface area contributed by atoms with Crippen LogP contribution in [0, 0.1) is 5.82 Å². The van der Waals surface area contributed by atoms with E-state index >= 15 is 0 Å². The Morgan fingerprint density at radius 1 is 1.60 bits per heavy atom. The predicted octanol–water partition coefficient (Wildman–Crippen LogP) is 2.59. The van der Waals surface area contributed by atoms with Crippen molar-refractivity contribution < 1.29 is 9.50 Å². The van der Waals surface area contributed by atoms with Gasteiger partial charge in [0, 0.05) is 18.2 Å². The van der Waals surface area contributed by atoms with Gasteiger partial charge in [0.1, 0.15) is 0 Å². The topological polar surface area (TPSA) is 32.3 Å². The summed E-state index contributed by atoms with van der Waals surface area (Å²) in [5, 5.41) is 12.6. The van der Waals surface area contributed by atoms with Crippen molar-refractivity contribution in [3.8, 4) is 5.75 Å². The van der Waals surface area contributed by atoms with Crippen LogP contribution >= 0.6 is 0 Å². The molecule has 82 valence electrons. The average Bonchev–Trinajstić information content (AvgIpc) is 2.21. The number of rotatable bonds is 5. The zero-order valence-electron chi connectivity index (χ0n) is 8.83. The molecule has 1 unspecified atom stereocenters. The van der Waals surface area contributed by atoms with Crippen LogP contribution in [0.5, 0.6) is 5.75 Å². The van der Waals surface area contributed by atoms with Gasteiger partial charge < -0.3 is 10.4 Å². The Kier molecular flexibility index (Phi) is 4.31. The zero-order chi connectivity index (χ0) is 11.3. The summed E-state index contributed by atoms with van der Waals surface area (Å²) < 4.78 is 13.0. The molecule has 0 aliphatic rings. The third-order valence-electron chi connectivity index (χ3n) is 2.23. The Morgan fingerprint density at radius 2 is 2.33 bits per heavy atom. The molecule has 3 heteroatoms. The summed E-state index contributed by atoms with van der Waals surface area (Å²) in [5.74, 6) is -0.846. The van der Waals surface area contributed by atoms with E-state index in [1.165, 1.54) is 6.07 Å². The molecule has 0 bridgehead atoms. The highest BCUT2D eigenvalue weighted by atomic mass is 19.1. The minimum atomic E-state index is -0.578. The second-order valence-electron chi connectivity index (χ2n) is 3.55. The number of phenols is 1. The third kappa shape index (κ3) is 3.36. The summed E-state index contributed by atoms with van der Waals surface area (Å²) in [6.45, 7) is 6.11. The van der Waals surface area contributed by atoms with Crippen LogP contribution in [0.1, 0.15) is 18.9 Å². The Labute approximate surface area is 89.4 Å². The van der Waals surface area contributed by atoms with E-state index in [1.54, 1.807) is 12.1 Å². The number of benzene rings is 1. The van der Waals surface area contributed by atoms with Crippen molar-refractivity contribution >= 4 is 0 Å². The molecule has 0 aliphatic carbocycles. The fourth-order valence-corrected chi connectivity index (χ4v) is 1.32. The smallest absolute Gasteiger partial charge is 0.165 e. The molecule has 15 heavy (non-hydrogen) atoms. The van der Waals surface area contributed by atoms with Crippen LogP contribution in [0.4, 0.5) is 4.39 Å². The molecule has 1 rings (SSSR count). The van der Waals surface area contributed by atoms with E-state index in [4.69, 9.17) is 0 Å². The Morgan fingerprint density at radius 3 is 3.00 bits per heavy atom. The van der Waals surface area contributed by atoms with Crippen LogP contribution < -0.4 is 5.32 Å². The molecule has 1 aromatic rings. The maximum atomic E-state index is 13.0. The second-order valence-corrected chi connectivity index (χ2v) is 3.55. The standard InChI is InChI=1S/C12H16FNO/c1-3-5-9(2)14-8-10-6-4-7-11(13)12(10)15/h3-4,6-7,9,14-15H,1,5,8H2,2H3. The van der Waals surface area contributed by atoms with Crippen molar-refractivity contribution in [2.45, 2.75) is 25.9 Å². The quantitative estimate of drug-likeness (QED) is 0.730. The van der Waals surface area contributed by atoms with E-state index in [-0.39, 0.29) is 11.8 Å². The molecule has 0 saturated carbocycles. The summed E-state index contributed by atoms with van der Waals surface area (Å²) in [7, 11) is 0. The van der Waals surface area contributed by atoms with Crippen molar-refractivity contribution in [1.82, 2.24) is 5.32 Å². The van der Waals surface area contributed by atoms with E-state index in [2.05, 4.69) is 11.9 Å². The molecule has 0 heterocycles. The van der Waals surface area contributed by atoms with Gasteiger partial charge >= 0.3 is 0 Å². The van der Waals surface area contributed by atoms with E-state index in [1.807, 2.05) is 13.0 Å². The van der Waals surface area contributed by atoms with Crippen LogP contribution in [0.15, 0.2) is 30.9 Å². The summed E-state index contributed by atoms with van der Waals surface area (Å²) in [6, 6.07) is 4.80. The summed E-state index contributed by atoms with van der Waals surface area (Å²) in [6.07, 6.45) is 2.67. The average molecular weight is 209 g/mol. The second kappa shape index (κ2) is 5.51. The van der Waals surface area contributed by atoms with Gasteiger partial charge in [-0.2, -0.15) is 0 Å². The maximum Gasteiger partial charge on any atom is 0.165 e. The SMILES string of the molecule is C=CCC(C)NCc1cccc(F)c1O. The Balaban J connectivity index is 2.57. The summed E-state index contributed by atoms with van der Waals surface area (Å²) in [5.41, 5.74) is 0.575. The molecule has 0 spiro atoms. The van der Waals surface area contributed by atoms with E-state index < -0.39 is 5.82 Å². The fraction of sp³-hybridized carbons (Fsp3) is 0.333. The minimum absolute atomic E-state index is 0.268. The number of hydrogen-bond acceptors (Lipinski definition) is 2. The van der Waals surface area contributed by atoms with Gasteiger partial charge in [0.15, 0.2) is 11.6 Å². The number of para-hydroxylation sites is 1. The lowest BCUT2D eigenvalue weighted by molar-refractivity contribution is 0.420. The summed E-state index contributed by atoms with van der Waals surface area (Å²) >= 11 is 0. The molecule has 1 atom stereocenters. The van der Waals surface area contributed by atoms with Crippen LogP contribution in [0.25, 0.3) is 0 Å². The molecular weight excluding hydrogens is 193 g/mol. The van der Waals surface area contributed by atoms with Crippen LogP contribution in [0.3, 0.4) is 0 Å². The lowest BCUT2D eigenvalue weighted by Gasteiger charge is -2.12. The zero-order valence-corrected chi connectivity index (χ0v) is 8.83. The van der Waals surface area contributed by atoms with Crippen molar-refractivity contribution in [2.24, 2.45) is 0 Å². The van der Waals surface area contributed by atoms with Crippen molar-refractivity contribution in [1.29, 1.82) is 0 Å². The first-order chi connectivity index (χ1) is 7.15. The van der Waals surface area contributed by atoms with E-state index in [0.717, 1.165) is 6.42 Å². The van der Waals surface area contributed by atoms with Gasteiger partial charge in [-0.3, -0.25) is 0 Å². The van der Waals surface area contributed by atoms with E-state index in [9.17, 15) is 9.50 Å². The highest BCUT2D eigenvalue weighted by Gasteiger charge is 2.06. The molecule has 0 aromatic heterocycles. The highest BCUT2D eigenvalue weighted by molar-refractivity contribution is 5.33. The van der Waals surface area contributed by atoms with Crippen LogP contribution in [-0.4, -0.2) is 11.1 Å². The van der Waals surface area contributed by atoms with Crippen molar-refractivity contribution in [3.05, 3.63) is 42.2 Å². The van der Waals surface area contributed by atoms with Crippen LogP contribution in [-0.2, 0) is 6.54 Å². The van der Waals surface area contributed by atoms with Gasteiger partial charge in [0.05, 0.1) is 0 Å². The largest absolute Gasteiger partial charge is 0.505 e. The van der Waals surface area contributed by atoms with Gasteiger partial charge in [-0.15, -0.1) is 6.58 Å².